The summed E-state index contributed by atoms with van der Waals surface area (Å²) in [7, 11) is 0. The summed E-state index contributed by atoms with van der Waals surface area (Å²) >= 11 is 0. The molecule has 0 saturated carbocycles. The average molecular weight is 368 g/mol. The topological polar surface area (TPSA) is 53.6 Å². The van der Waals surface area contributed by atoms with Crippen LogP contribution >= 0.6 is 24.0 Å². The molecule has 0 aliphatic carbocycles. The Labute approximate surface area is 129 Å². The molecule has 1 aliphatic heterocycles. The number of halogens is 1. The normalized spacial score (nSPS) is 22.4. The van der Waals surface area contributed by atoms with Crippen LogP contribution < -0.4 is 11.1 Å². The highest BCUT2D eigenvalue weighted by molar-refractivity contribution is 14.0. The number of guanidine groups is 1. The Hall–Kier alpha value is -0.0400. The van der Waals surface area contributed by atoms with Crippen molar-refractivity contribution in [3.63, 3.8) is 0 Å². The van der Waals surface area contributed by atoms with E-state index in [0.717, 1.165) is 19.0 Å². The zero-order chi connectivity index (χ0) is 12.9. The Morgan fingerprint density at radius 3 is 2.67 bits per heavy atom. The monoisotopic (exact) mass is 368 g/mol. The van der Waals surface area contributed by atoms with Crippen LogP contribution in [0.4, 0.5) is 0 Å². The third-order valence-corrected chi connectivity index (χ3v) is 2.94. The molecule has 3 N–H and O–H groups in total. The lowest BCUT2D eigenvalue weighted by Crippen LogP contribution is -2.45. The fraction of sp³-hybridized carbons (Fsp3) is 0.923. The van der Waals surface area contributed by atoms with E-state index in [1.807, 2.05) is 0 Å². The van der Waals surface area contributed by atoms with E-state index in [1.54, 1.807) is 0 Å². The van der Waals surface area contributed by atoms with Gasteiger partial charge in [0.2, 0.25) is 0 Å². The van der Waals surface area contributed by atoms with Gasteiger partial charge in [0.05, 0.1) is 6.54 Å². The van der Waals surface area contributed by atoms with Gasteiger partial charge in [-0.15, -0.1) is 24.0 Å². The molecule has 0 amide bonds. The van der Waals surface area contributed by atoms with Crippen LogP contribution in [0.3, 0.4) is 0 Å². The third kappa shape index (κ3) is 8.13. The molecule has 0 bridgehead atoms. The lowest BCUT2D eigenvalue weighted by molar-refractivity contribution is 0.189. The van der Waals surface area contributed by atoms with Gasteiger partial charge in [0.25, 0.3) is 0 Å². The highest BCUT2D eigenvalue weighted by Gasteiger charge is 2.15. The van der Waals surface area contributed by atoms with E-state index in [0.29, 0.717) is 5.96 Å². The molecule has 0 aromatic heterocycles. The van der Waals surface area contributed by atoms with Crippen molar-refractivity contribution in [3.05, 3.63) is 0 Å². The molecule has 0 radical (unpaired) electrons. The van der Waals surface area contributed by atoms with Crippen LogP contribution in [0.25, 0.3) is 0 Å². The van der Waals surface area contributed by atoms with E-state index in [9.17, 15) is 0 Å². The number of nitrogens with zero attached hydrogens (tertiary/aromatic N) is 2. The van der Waals surface area contributed by atoms with Crippen molar-refractivity contribution >= 4 is 29.9 Å². The number of hydrogen-bond donors (Lipinski definition) is 2. The Bertz CT molecular complexity index is 260. The van der Waals surface area contributed by atoms with Gasteiger partial charge in [0.15, 0.2) is 5.96 Å². The number of nitrogens with two attached hydrogens (primary N) is 1. The van der Waals surface area contributed by atoms with E-state index >= 15 is 0 Å². The smallest absolute Gasteiger partial charge is 0.189 e. The first kappa shape index (κ1) is 18.0. The first-order valence-electron chi connectivity index (χ1n) is 6.67. The summed E-state index contributed by atoms with van der Waals surface area (Å²) in [4.78, 5) is 6.86. The number of piperidine rings is 1. The molecule has 18 heavy (non-hydrogen) atoms. The minimum absolute atomic E-state index is 0. The zero-order valence-corrected chi connectivity index (χ0v) is 14.5. The van der Waals surface area contributed by atoms with E-state index in [1.165, 1.54) is 25.9 Å². The molecule has 0 aromatic carbocycles. The Morgan fingerprint density at radius 1 is 1.44 bits per heavy atom. The van der Waals surface area contributed by atoms with Crippen LogP contribution in [0.5, 0.6) is 0 Å². The van der Waals surface area contributed by atoms with Crippen LogP contribution in [0.1, 0.15) is 40.5 Å². The van der Waals surface area contributed by atoms with Crippen LogP contribution in [0, 0.1) is 5.92 Å². The molecule has 1 rings (SSSR count). The molecule has 0 spiro atoms. The van der Waals surface area contributed by atoms with Crippen molar-refractivity contribution < 1.29 is 0 Å². The lowest BCUT2D eigenvalue weighted by atomic mass is 10.0. The Morgan fingerprint density at radius 2 is 2.11 bits per heavy atom. The fourth-order valence-corrected chi connectivity index (χ4v) is 2.23. The molecule has 1 heterocycles. The van der Waals surface area contributed by atoms with Crippen LogP contribution in [-0.4, -0.2) is 42.6 Å². The second-order valence-corrected chi connectivity index (χ2v) is 6.19. The summed E-state index contributed by atoms with van der Waals surface area (Å²) in [6, 6.07) is 0. The molecule has 1 aliphatic rings. The van der Waals surface area contributed by atoms with Crippen molar-refractivity contribution in [3.8, 4) is 0 Å². The number of aliphatic imine (C=N–C) groups is 1. The Kier molecular flexibility index (Phi) is 8.18. The van der Waals surface area contributed by atoms with Gasteiger partial charge in [-0.05, 0) is 46.1 Å². The molecule has 5 heteroatoms. The molecule has 108 valence electrons. The summed E-state index contributed by atoms with van der Waals surface area (Å²) in [5.41, 5.74) is 5.82. The van der Waals surface area contributed by atoms with Crippen molar-refractivity contribution in [2.24, 2.45) is 16.6 Å². The fourth-order valence-electron chi connectivity index (χ4n) is 2.23. The van der Waals surface area contributed by atoms with Gasteiger partial charge in [0, 0.05) is 18.6 Å². The molecule has 1 saturated heterocycles. The van der Waals surface area contributed by atoms with Crippen LogP contribution in [-0.2, 0) is 0 Å². The number of hydrogen-bond acceptors (Lipinski definition) is 2. The largest absolute Gasteiger partial charge is 0.370 e. The van der Waals surface area contributed by atoms with Gasteiger partial charge >= 0.3 is 0 Å². The second-order valence-electron chi connectivity index (χ2n) is 6.19. The van der Waals surface area contributed by atoms with Crippen molar-refractivity contribution in [2.45, 2.75) is 46.1 Å². The second kappa shape index (κ2) is 8.19. The van der Waals surface area contributed by atoms with Gasteiger partial charge in [-0.25, -0.2) is 0 Å². The SMILES string of the molecule is CC1CCCN(CCN=C(N)NC(C)(C)C)C1.I. The lowest BCUT2D eigenvalue weighted by Gasteiger charge is -2.30. The van der Waals surface area contributed by atoms with Gasteiger partial charge in [0.1, 0.15) is 0 Å². The van der Waals surface area contributed by atoms with Gasteiger partial charge < -0.3 is 16.0 Å². The average Bonchev–Trinajstić information content (AvgIpc) is 2.14. The van der Waals surface area contributed by atoms with E-state index < -0.39 is 0 Å². The number of rotatable bonds is 3. The predicted octanol–water partition coefficient (Wildman–Crippen LogP) is 2.04. The maximum Gasteiger partial charge on any atom is 0.189 e. The number of nitrogens with one attached hydrogen (secondary N) is 1. The predicted molar refractivity (Wildman–Crippen MR) is 89.6 cm³/mol. The van der Waals surface area contributed by atoms with Gasteiger partial charge in [-0.1, -0.05) is 6.92 Å². The molecule has 4 nitrogen and oxygen atoms in total. The maximum atomic E-state index is 5.82. The molecular weight excluding hydrogens is 339 g/mol. The third-order valence-electron chi connectivity index (χ3n) is 2.94. The summed E-state index contributed by atoms with van der Waals surface area (Å²) in [5.74, 6) is 1.39. The van der Waals surface area contributed by atoms with E-state index in [-0.39, 0.29) is 29.5 Å². The Balaban J connectivity index is 0.00000289. The first-order valence-corrected chi connectivity index (χ1v) is 6.67. The highest BCUT2D eigenvalue weighted by atomic mass is 127. The molecule has 1 unspecified atom stereocenters. The molecular formula is C13H29IN4. The van der Waals surface area contributed by atoms with Crippen molar-refractivity contribution in [1.82, 2.24) is 10.2 Å². The zero-order valence-electron chi connectivity index (χ0n) is 12.2. The van der Waals surface area contributed by atoms with Gasteiger partial charge in [-0.2, -0.15) is 0 Å². The quantitative estimate of drug-likeness (QED) is 0.455. The highest BCUT2D eigenvalue weighted by Crippen LogP contribution is 2.14. The van der Waals surface area contributed by atoms with Crippen LogP contribution in [0.15, 0.2) is 4.99 Å². The summed E-state index contributed by atoms with van der Waals surface area (Å²) < 4.78 is 0. The van der Waals surface area contributed by atoms with E-state index in [4.69, 9.17) is 5.73 Å². The maximum absolute atomic E-state index is 5.82. The number of likely N-dealkylation sites (tertiary alicyclic amines) is 1. The standard InChI is InChI=1S/C13H28N4.HI/c1-11-6-5-8-17(10-11)9-7-15-12(14)16-13(2,3)4;/h11H,5-10H2,1-4H3,(H3,14,15,16);1H. The molecule has 1 atom stereocenters. The minimum atomic E-state index is -0.00672. The van der Waals surface area contributed by atoms with Crippen molar-refractivity contribution in [1.29, 1.82) is 0 Å². The van der Waals surface area contributed by atoms with Crippen molar-refractivity contribution in [2.75, 3.05) is 26.2 Å². The van der Waals surface area contributed by atoms with Crippen LogP contribution in [0.2, 0.25) is 0 Å². The summed E-state index contributed by atoms with van der Waals surface area (Å²) in [5, 5.41) is 3.17. The summed E-state index contributed by atoms with van der Waals surface area (Å²) in [6.45, 7) is 12.8. The summed E-state index contributed by atoms with van der Waals surface area (Å²) in [6.07, 6.45) is 2.69. The van der Waals surface area contributed by atoms with Gasteiger partial charge in [-0.3, -0.25) is 4.99 Å². The molecule has 1 fully saturated rings. The minimum Gasteiger partial charge on any atom is -0.370 e. The molecule has 0 aromatic rings. The first-order chi connectivity index (χ1) is 7.87. The van der Waals surface area contributed by atoms with E-state index in [2.05, 4.69) is 42.9 Å².